The summed E-state index contributed by atoms with van der Waals surface area (Å²) in [5, 5.41) is 0. The van der Waals surface area contributed by atoms with Crippen molar-refractivity contribution in [2.75, 3.05) is 26.3 Å². The Morgan fingerprint density at radius 3 is 1.55 bits per heavy atom. The zero-order chi connectivity index (χ0) is 29.6. The molecule has 0 aromatic heterocycles. The number of hydrogen-bond donors (Lipinski definition) is 0. The van der Waals surface area contributed by atoms with Crippen molar-refractivity contribution < 1.29 is 40.9 Å². The van der Waals surface area contributed by atoms with E-state index in [1.54, 1.807) is 0 Å². The molecular formula is C18H34O4. The van der Waals surface area contributed by atoms with Gasteiger partial charge in [0.05, 0.1) is 5.48 Å². The van der Waals surface area contributed by atoms with Crippen LogP contribution in [-0.4, -0.2) is 38.9 Å². The molecule has 22 heavy (non-hydrogen) atoms. The highest BCUT2D eigenvalue weighted by atomic mass is 16.7. The second-order valence-electron chi connectivity index (χ2n) is 4.78. The maximum absolute atomic E-state index is 8.21. The predicted octanol–water partition coefficient (Wildman–Crippen LogP) is 4.41. The van der Waals surface area contributed by atoms with Gasteiger partial charge in [0.1, 0.15) is 0 Å². The van der Waals surface area contributed by atoms with Crippen LogP contribution >= 0.6 is 0 Å². The Hall–Kier alpha value is -0.160. The van der Waals surface area contributed by atoms with Crippen molar-refractivity contribution in [3.8, 4) is 0 Å². The fraction of sp³-hybridized carbons (Fsp3) is 1.00. The molecule has 130 valence electrons. The van der Waals surface area contributed by atoms with Crippen LogP contribution in [0.1, 0.15) is 98.7 Å². The van der Waals surface area contributed by atoms with E-state index in [1.165, 1.54) is 0 Å². The minimum Gasteiger partial charge on any atom is -0.353 e. The fourth-order valence-electron chi connectivity index (χ4n) is 1.97. The van der Waals surface area contributed by atoms with Crippen molar-refractivity contribution in [1.82, 2.24) is 0 Å². The lowest BCUT2D eigenvalue weighted by atomic mass is 10.1. The Kier molecular flexibility index (Phi) is 3.51. The van der Waals surface area contributed by atoms with E-state index in [4.69, 9.17) is 40.9 Å². The Bertz CT molecular complexity index is 740. The molecule has 0 aromatic carbocycles. The molecule has 2 fully saturated rings. The summed E-state index contributed by atoms with van der Waals surface area (Å²) >= 11 is 0. The van der Waals surface area contributed by atoms with Gasteiger partial charge in [-0.25, -0.2) is 0 Å². The molecule has 4 nitrogen and oxygen atoms in total. The summed E-state index contributed by atoms with van der Waals surface area (Å²) < 4.78 is 151. The van der Waals surface area contributed by atoms with E-state index in [0.717, 1.165) is 0 Å². The van der Waals surface area contributed by atoms with Gasteiger partial charge in [-0.05, 0) is 51.3 Å². The van der Waals surface area contributed by atoms with Gasteiger partial charge in [0.2, 0.25) is 0 Å². The molecule has 0 radical (unpaired) electrons. The van der Waals surface area contributed by atoms with Crippen LogP contribution < -0.4 is 0 Å². The molecule has 2 aliphatic rings. The lowest BCUT2D eigenvalue weighted by molar-refractivity contribution is -0.163. The summed E-state index contributed by atoms with van der Waals surface area (Å²) in [6.07, 6.45) is -25.0. The van der Waals surface area contributed by atoms with Crippen molar-refractivity contribution >= 4 is 0 Å². The molecule has 0 saturated carbocycles. The first-order valence-corrected chi connectivity index (χ1v) is 7.49. The van der Waals surface area contributed by atoms with Crippen molar-refractivity contribution in [3.05, 3.63) is 0 Å². The maximum Gasteiger partial charge on any atom is 0.157 e. The van der Waals surface area contributed by atoms with Crippen LogP contribution in [-0.2, 0) is 18.9 Å². The molecule has 4 heteroatoms. The largest absolute Gasteiger partial charge is 0.353 e. The highest BCUT2D eigenvalue weighted by Crippen LogP contribution is 2.16. The second kappa shape index (κ2) is 12.3. The smallest absolute Gasteiger partial charge is 0.157 e. The van der Waals surface area contributed by atoms with Crippen LogP contribution in [0.2, 0.25) is 0 Å². The van der Waals surface area contributed by atoms with Crippen molar-refractivity contribution in [1.29, 1.82) is 0 Å². The van der Waals surface area contributed by atoms with Crippen LogP contribution in [0.15, 0.2) is 0 Å². The zero-order valence-electron chi connectivity index (χ0n) is 28.4. The highest BCUT2D eigenvalue weighted by molar-refractivity contribution is 4.55. The summed E-state index contributed by atoms with van der Waals surface area (Å²) in [6, 6.07) is 0. The summed E-state index contributed by atoms with van der Waals surface area (Å²) in [7, 11) is 0. The van der Waals surface area contributed by atoms with Gasteiger partial charge in [-0.2, -0.15) is 0 Å². The molecule has 0 amide bonds. The van der Waals surface area contributed by atoms with Crippen molar-refractivity contribution in [2.45, 2.75) is 89.3 Å². The van der Waals surface area contributed by atoms with Gasteiger partial charge in [0.15, 0.2) is 12.6 Å². The zero-order valence-corrected chi connectivity index (χ0v) is 12.4. The number of hydrogen-bond acceptors (Lipinski definition) is 4. The van der Waals surface area contributed by atoms with Gasteiger partial charge in [-0.3, -0.25) is 0 Å². The lowest BCUT2D eigenvalue weighted by Crippen LogP contribution is -2.22. The summed E-state index contributed by atoms with van der Waals surface area (Å²) in [5.74, 6) is 0. The topological polar surface area (TPSA) is 36.9 Å². The quantitative estimate of drug-likeness (QED) is 0.562. The average molecular weight is 331 g/mol. The van der Waals surface area contributed by atoms with Gasteiger partial charge in [0, 0.05) is 42.8 Å². The van der Waals surface area contributed by atoms with E-state index in [-0.39, 0.29) is 26.1 Å². The number of ether oxygens (including phenoxy) is 4. The highest BCUT2D eigenvalue weighted by Gasteiger charge is 2.14. The molecular weight excluding hydrogens is 280 g/mol. The summed E-state index contributed by atoms with van der Waals surface area (Å²) in [6.45, 7) is -6.90. The molecule has 0 aromatic rings. The molecule has 0 aliphatic carbocycles. The third-order valence-corrected chi connectivity index (χ3v) is 3.07. The van der Waals surface area contributed by atoms with E-state index in [9.17, 15) is 0 Å². The first-order valence-electron chi connectivity index (χ1n) is 15.5. The van der Waals surface area contributed by atoms with E-state index < -0.39 is 63.9 Å². The standard InChI is InChI=1S/C18H34O4/c1(3-7-13-19-17-11-5-9-15-21-17)2-4-8-14-20-18-12-6-10-16-22-18/h17-18H,1-16H2/i1D2,2D2,3D2,4D2,7D2,8D2,13D2,14D2. The summed E-state index contributed by atoms with van der Waals surface area (Å²) in [5.41, 5.74) is 0. The monoisotopic (exact) mass is 330 g/mol. The Morgan fingerprint density at radius 2 is 1.14 bits per heavy atom. The molecule has 0 N–H and O–H groups in total. The normalized spacial score (nSPS) is 42.2. The SMILES string of the molecule is [2H]C([2H])(OC1CCCCO1)C([2H])([2H])C([2H])([2H])C([2H])([2H])C([2H])([2H])C([2H])([2H])C([2H])([2H])C([2H])([2H])OC1CCCCO1. The van der Waals surface area contributed by atoms with Gasteiger partial charge < -0.3 is 18.9 Å². The van der Waals surface area contributed by atoms with E-state index in [1.807, 2.05) is 0 Å². The van der Waals surface area contributed by atoms with Gasteiger partial charge in [-0.15, -0.1) is 0 Å². The molecule has 2 rings (SSSR count). The van der Waals surface area contributed by atoms with E-state index in [2.05, 4.69) is 0 Å². The Labute approximate surface area is 158 Å². The van der Waals surface area contributed by atoms with Crippen LogP contribution in [0.3, 0.4) is 0 Å². The average Bonchev–Trinajstić information content (AvgIpc) is 2.79. The minimum absolute atomic E-state index is 0.134. The second-order valence-corrected chi connectivity index (χ2v) is 4.78. The van der Waals surface area contributed by atoms with Crippen LogP contribution in [0.5, 0.6) is 0 Å². The Balaban J connectivity index is 2.43. The minimum atomic E-state index is -4.30. The molecule has 2 heterocycles. The van der Waals surface area contributed by atoms with Crippen LogP contribution in [0.4, 0.5) is 0 Å². The van der Waals surface area contributed by atoms with E-state index in [0.29, 0.717) is 25.7 Å². The van der Waals surface area contributed by atoms with E-state index >= 15 is 0 Å². The number of rotatable bonds is 11. The van der Waals surface area contributed by atoms with Crippen molar-refractivity contribution in [2.24, 2.45) is 0 Å². The predicted molar refractivity (Wildman–Crippen MR) is 86.8 cm³/mol. The fourth-order valence-corrected chi connectivity index (χ4v) is 1.97. The van der Waals surface area contributed by atoms with Crippen molar-refractivity contribution in [3.63, 3.8) is 0 Å². The van der Waals surface area contributed by atoms with Gasteiger partial charge >= 0.3 is 0 Å². The first-order chi connectivity index (χ1) is 16.9. The molecule has 2 atom stereocenters. The molecule has 2 unspecified atom stereocenters. The van der Waals surface area contributed by atoms with Crippen LogP contribution in [0, 0.1) is 0 Å². The third-order valence-electron chi connectivity index (χ3n) is 3.07. The van der Waals surface area contributed by atoms with Gasteiger partial charge in [0.25, 0.3) is 0 Å². The third kappa shape index (κ3) is 8.47. The van der Waals surface area contributed by atoms with Crippen LogP contribution in [0.25, 0.3) is 0 Å². The van der Waals surface area contributed by atoms with Gasteiger partial charge in [-0.1, -0.05) is 25.5 Å². The molecule has 2 saturated heterocycles. The lowest BCUT2D eigenvalue weighted by Gasteiger charge is -2.22. The summed E-state index contributed by atoms with van der Waals surface area (Å²) in [4.78, 5) is 0. The molecule has 2 aliphatic heterocycles. The first kappa shape index (κ1) is 6.29. The Morgan fingerprint density at radius 1 is 0.682 bits per heavy atom. The molecule has 0 bridgehead atoms. The maximum atomic E-state index is 8.21. The molecule has 0 spiro atoms.